The third-order valence-corrected chi connectivity index (χ3v) is 2.38. The van der Waals surface area contributed by atoms with Gasteiger partial charge < -0.3 is 4.74 Å². The summed E-state index contributed by atoms with van der Waals surface area (Å²) in [6, 6.07) is 13.2. The third-order valence-electron chi connectivity index (χ3n) is 2.38. The molecule has 0 aromatic heterocycles. The largest absolute Gasteiger partial charge is 0.454 e. The Morgan fingerprint density at radius 3 is 2.53 bits per heavy atom. The van der Waals surface area contributed by atoms with E-state index >= 15 is 0 Å². The van der Waals surface area contributed by atoms with Crippen molar-refractivity contribution in [2.45, 2.75) is 0 Å². The van der Waals surface area contributed by atoms with Crippen molar-refractivity contribution in [1.29, 1.82) is 0 Å². The van der Waals surface area contributed by atoms with Gasteiger partial charge in [-0.2, -0.15) is 0 Å². The minimum absolute atomic E-state index is 0.0952. The zero-order chi connectivity index (χ0) is 13.7. The maximum Gasteiger partial charge on any atom is 0.165 e. The van der Waals surface area contributed by atoms with E-state index in [2.05, 4.69) is 6.58 Å². The summed E-state index contributed by atoms with van der Waals surface area (Å²) in [7, 11) is 0. The van der Waals surface area contributed by atoms with E-state index in [0.29, 0.717) is 11.3 Å². The minimum atomic E-state index is -0.560. The lowest BCUT2D eigenvalue weighted by atomic mass is 10.2. The van der Waals surface area contributed by atoms with Gasteiger partial charge in [0.1, 0.15) is 11.6 Å². The van der Waals surface area contributed by atoms with Crippen molar-refractivity contribution < 1.29 is 13.5 Å². The van der Waals surface area contributed by atoms with Crippen molar-refractivity contribution in [3.63, 3.8) is 0 Å². The van der Waals surface area contributed by atoms with Crippen molar-refractivity contribution in [3.8, 4) is 11.5 Å². The average Bonchev–Trinajstić information content (AvgIpc) is 2.41. The highest BCUT2D eigenvalue weighted by atomic mass is 19.1. The van der Waals surface area contributed by atoms with Gasteiger partial charge in [0.2, 0.25) is 0 Å². The Bertz CT molecular complexity index is 603. The van der Waals surface area contributed by atoms with Gasteiger partial charge in [-0.1, -0.05) is 36.9 Å². The van der Waals surface area contributed by atoms with E-state index in [4.69, 9.17) is 4.74 Å². The molecule has 0 aliphatic heterocycles. The molecule has 0 radical (unpaired) electrons. The van der Waals surface area contributed by atoms with E-state index in [0.717, 1.165) is 0 Å². The summed E-state index contributed by atoms with van der Waals surface area (Å²) in [6.07, 6.45) is 2.71. The zero-order valence-corrected chi connectivity index (χ0v) is 10.1. The summed E-state index contributed by atoms with van der Waals surface area (Å²) >= 11 is 0. The van der Waals surface area contributed by atoms with Gasteiger partial charge in [-0.05, 0) is 35.9 Å². The normalized spacial score (nSPS) is 10.6. The summed E-state index contributed by atoms with van der Waals surface area (Å²) in [4.78, 5) is 0. The van der Waals surface area contributed by atoms with Crippen molar-refractivity contribution in [3.05, 3.63) is 78.4 Å². The smallest absolute Gasteiger partial charge is 0.165 e. The molecule has 0 saturated carbocycles. The van der Waals surface area contributed by atoms with Crippen molar-refractivity contribution >= 4 is 6.08 Å². The first-order valence-electron chi connectivity index (χ1n) is 5.70. The van der Waals surface area contributed by atoms with Gasteiger partial charge >= 0.3 is 0 Å². The summed E-state index contributed by atoms with van der Waals surface area (Å²) in [5.74, 6) is -0.398. The van der Waals surface area contributed by atoms with Crippen LogP contribution in [0.2, 0.25) is 0 Å². The Hall–Kier alpha value is -2.42. The standard InChI is InChI=1S/C16H12F2O/c1-12(17)7-8-13-9-10-15(18)16(11-13)19-14-5-3-2-4-6-14/h2-11H,1H2. The molecule has 2 aromatic rings. The minimum Gasteiger partial charge on any atom is -0.454 e. The van der Waals surface area contributed by atoms with E-state index in [1.807, 2.05) is 6.07 Å². The van der Waals surface area contributed by atoms with Crippen LogP contribution in [0.5, 0.6) is 11.5 Å². The van der Waals surface area contributed by atoms with Crippen LogP contribution in [0.15, 0.2) is 67.0 Å². The molecule has 19 heavy (non-hydrogen) atoms. The number of ether oxygens (including phenoxy) is 1. The van der Waals surface area contributed by atoms with Crippen molar-refractivity contribution in [2.24, 2.45) is 0 Å². The topological polar surface area (TPSA) is 9.23 Å². The van der Waals surface area contributed by atoms with Crippen LogP contribution in [0.25, 0.3) is 6.08 Å². The van der Waals surface area contributed by atoms with Gasteiger partial charge in [0.25, 0.3) is 0 Å². The predicted octanol–water partition coefficient (Wildman–Crippen LogP) is 5.11. The zero-order valence-electron chi connectivity index (χ0n) is 10.1. The van der Waals surface area contributed by atoms with Crippen LogP contribution in [-0.2, 0) is 0 Å². The Morgan fingerprint density at radius 1 is 1.11 bits per heavy atom. The summed E-state index contributed by atoms with van der Waals surface area (Å²) < 4.78 is 31.6. The van der Waals surface area contributed by atoms with Crippen LogP contribution in [0.1, 0.15) is 5.56 Å². The number of halogens is 2. The fourth-order valence-corrected chi connectivity index (χ4v) is 1.50. The van der Waals surface area contributed by atoms with Crippen LogP contribution in [0.3, 0.4) is 0 Å². The van der Waals surface area contributed by atoms with Gasteiger partial charge in [-0.3, -0.25) is 0 Å². The summed E-state index contributed by atoms with van der Waals surface area (Å²) in [5, 5.41) is 0. The second kappa shape index (κ2) is 5.96. The molecule has 3 heteroatoms. The van der Waals surface area contributed by atoms with E-state index in [1.54, 1.807) is 24.3 Å². The predicted molar refractivity (Wildman–Crippen MR) is 72.2 cm³/mol. The Labute approximate surface area is 110 Å². The van der Waals surface area contributed by atoms with Gasteiger partial charge in [-0.15, -0.1) is 0 Å². The maximum absolute atomic E-state index is 13.6. The molecule has 0 bridgehead atoms. The molecule has 0 saturated heterocycles. The SMILES string of the molecule is C=C(F)C=Cc1ccc(F)c(Oc2ccccc2)c1. The van der Waals surface area contributed by atoms with Crippen LogP contribution >= 0.6 is 0 Å². The highest BCUT2D eigenvalue weighted by molar-refractivity contribution is 5.54. The number of hydrogen-bond donors (Lipinski definition) is 0. The molecule has 0 amide bonds. The highest BCUT2D eigenvalue weighted by Crippen LogP contribution is 2.25. The number of rotatable bonds is 4. The second-order valence-corrected chi connectivity index (χ2v) is 3.89. The summed E-state index contributed by atoms with van der Waals surface area (Å²) in [5.41, 5.74) is 0.631. The number of allylic oxidation sites excluding steroid dienone is 2. The van der Waals surface area contributed by atoms with Crippen LogP contribution in [0.4, 0.5) is 8.78 Å². The summed E-state index contributed by atoms with van der Waals surface area (Å²) in [6.45, 7) is 3.12. The van der Waals surface area contributed by atoms with Gasteiger partial charge in [-0.25, -0.2) is 8.78 Å². The van der Waals surface area contributed by atoms with E-state index in [9.17, 15) is 8.78 Å². The molecule has 0 unspecified atom stereocenters. The quantitative estimate of drug-likeness (QED) is 0.692. The lowest BCUT2D eigenvalue weighted by Crippen LogP contribution is -1.88. The van der Waals surface area contributed by atoms with Gasteiger partial charge in [0, 0.05) is 0 Å². The molecule has 0 heterocycles. The lowest BCUT2D eigenvalue weighted by Gasteiger charge is -2.07. The molecule has 0 spiro atoms. The molecule has 2 rings (SSSR count). The number of para-hydroxylation sites is 1. The number of hydrogen-bond acceptors (Lipinski definition) is 1. The fraction of sp³-hybridized carbons (Fsp3) is 0. The third kappa shape index (κ3) is 3.78. The fourth-order valence-electron chi connectivity index (χ4n) is 1.50. The Morgan fingerprint density at radius 2 is 1.84 bits per heavy atom. The molecule has 0 fully saturated rings. The Kier molecular flexibility index (Phi) is 4.08. The first kappa shape index (κ1) is 13.0. The van der Waals surface area contributed by atoms with Crippen LogP contribution in [-0.4, -0.2) is 0 Å². The molecular formula is C16H12F2O. The van der Waals surface area contributed by atoms with Crippen molar-refractivity contribution in [2.75, 3.05) is 0 Å². The van der Waals surface area contributed by atoms with Gasteiger partial charge in [0.15, 0.2) is 11.6 Å². The molecule has 0 aliphatic rings. The van der Waals surface area contributed by atoms with Gasteiger partial charge in [0.05, 0.1) is 0 Å². The first-order valence-corrected chi connectivity index (χ1v) is 5.70. The molecule has 2 aromatic carbocycles. The monoisotopic (exact) mass is 258 g/mol. The lowest BCUT2D eigenvalue weighted by molar-refractivity contribution is 0.442. The van der Waals surface area contributed by atoms with E-state index < -0.39 is 11.6 Å². The molecular weight excluding hydrogens is 246 g/mol. The highest BCUT2D eigenvalue weighted by Gasteiger charge is 2.05. The maximum atomic E-state index is 13.6. The average molecular weight is 258 g/mol. The van der Waals surface area contributed by atoms with Crippen LogP contribution in [0, 0.1) is 5.82 Å². The van der Waals surface area contributed by atoms with Crippen molar-refractivity contribution in [1.82, 2.24) is 0 Å². The van der Waals surface area contributed by atoms with E-state index in [1.165, 1.54) is 30.4 Å². The molecule has 0 aliphatic carbocycles. The van der Waals surface area contributed by atoms with E-state index in [-0.39, 0.29) is 5.75 Å². The molecule has 96 valence electrons. The molecule has 1 nitrogen and oxygen atoms in total. The number of benzene rings is 2. The van der Waals surface area contributed by atoms with Crippen LogP contribution < -0.4 is 4.74 Å². The first-order chi connectivity index (χ1) is 9.15. The second-order valence-electron chi connectivity index (χ2n) is 3.89. The Balaban J connectivity index is 2.25. The molecule has 0 atom stereocenters. The molecule has 0 N–H and O–H groups in total.